The topological polar surface area (TPSA) is 79.0 Å². The maximum Gasteiger partial charge on any atom is 0.317 e. The summed E-state index contributed by atoms with van der Waals surface area (Å²) in [5, 5.41) is 2.99. The lowest BCUT2D eigenvalue weighted by Gasteiger charge is -2.35. The van der Waals surface area contributed by atoms with Gasteiger partial charge in [-0.1, -0.05) is 0 Å². The lowest BCUT2D eigenvalue weighted by atomic mass is 10.1. The summed E-state index contributed by atoms with van der Waals surface area (Å²) in [4.78, 5) is 13.9. The van der Waals surface area contributed by atoms with Crippen molar-refractivity contribution in [2.75, 3.05) is 39.0 Å². The van der Waals surface area contributed by atoms with Crippen molar-refractivity contribution in [3.8, 4) is 0 Å². The first-order chi connectivity index (χ1) is 9.36. The van der Waals surface area contributed by atoms with Crippen molar-refractivity contribution >= 4 is 16.1 Å². The highest BCUT2D eigenvalue weighted by Gasteiger charge is 2.28. The van der Waals surface area contributed by atoms with E-state index in [-0.39, 0.29) is 18.2 Å². The molecule has 8 heteroatoms. The van der Waals surface area contributed by atoms with Crippen LogP contribution in [0.15, 0.2) is 0 Å². The molecule has 116 valence electrons. The van der Waals surface area contributed by atoms with Crippen LogP contribution in [0.25, 0.3) is 0 Å². The minimum absolute atomic E-state index is 0.0543. The first-order valence-electron chi connectivity index (χ1n) is 6.98. The van der Waals surface area contributed by atoms with E-state index in [1.54, 1.807) is 4.90 Å². The fourth-order valence-electron chi connectivity index (χ4n) is 2.60. The molecule has 0 radical (unpaired) electrons. The Bertz CT molecular complexity index is 446. The first kappa shape index (κ1) is 15.5. The molecule has 2 heterocycles. The fraction of sp³-hybridized carbons (Fsp3) is 0.917. The number of amides is 2. The molecule has 1 unspecified atom stereocenters. The highest BCUT2D eigenvalue weighted by atomic mass is 32.2. The number of morpholine rings is 1. The van der Waals surface area contributed by atoms with Crippen LogP contribution in [0.5, 0.6) is 0 Å². The molecule has 1 atom stereocenters. The molecule has 2 fully saturated rings. The highest BCUT2D eigenvalue weighted by Crippen LogP contribution is 2.14. The number of urea groups is 1. The van der Waals surface area contributed by atoms with Gasteiger partial charge in [-0.15, -0.1) is 0 Å². The summed E-state index contributed by atoms with van der Waals surface area (Å²) < 4.78 is 29.7. The lowest BCUT2D eigenvalue weighted by molar-refractivity contribution is -0.00408. The summed E-state index contributed by atoms with van der Waals surface area (Å²) in [5.41, 5.74) is 0. The maximum atomic E-state index is 12.1. The van der Waals surface area contributed by atoms with Gasteiger partial charge in [0.1, 0.15) is 0 Å². The molecule has 2 amide bonds. The van der Waals surface area contributed by atoms with E-state index in [9.17, 15) is 13.2 Å². The minimum atomic E-state index is -3.11. The Morgan fingerprint density at radius 1 is 1.25 bits per heavy atom. The molecule has 2 aliphatic rings. The molecule has 0 spiro atoms. The molecular formula is C12H23N3O4S. The van der Waals surface area contributed by atoms with Crippen LogP contribution >= 0.6 is 0 Å². The van der Waals surface area contributed by atoms with E-state index in [4.69, 9.17) is 4.74 Å². The fourth-order valence-corrected chi connectivity index (χ4v) is 3.47. The molecule has 0 aromatic carbocycles. The van der Waals surface area contributed by atoms with Gasteiger partial charge in [0, 0.05) is 32.2 Å². The highest BCUT2D eigenvalue weighted by molar-refractivity contribution is 7.88. The van der Waals surface area contributed by atoms with Crippen molar-refractivity contribution in [3.63, 3.8) is 0 Å². The molecule has 2 saturated heterocycles. The normalized spacial score (nSPS) is 26.5. The second kappa shape index (κ2) is 6.28. The van der Waals surface area contributed by atoms with Gasteiger partial charge in [0.05, 0.1) is 19.0 Å². The number of nitrogens with zero attached hydrogens (tertiary/aromatic N) is 2. The molecule has 20 heavy (non-hydrogen) atoms. The van der Waals surface area contributed by atoms with Gasteiger partial charge in [-0.25, -0.2) is 17.5 Å². The number of nitrogens with one attached hydrogen (secondary N) is 1. The largest absolute Gasteiger partial charge is 0.375 e. The van der Waals surface area contributed by atoms with Crippen LogP contribution in [0.4, 0.5) is 4.79 Å². The van der Waals surface area contributed by atoms with Crippen LogP contribution < -0.4 is 5.32 Å². The van der Waals surface area contributed by atoms with E-state index in [0.29, 0.717) is 45.6 Å². The standard InChI is InChI=1S/C12H23N3O4S/c1-10-9-14(7-8-19-10)12(16)13-11-3-5-15(6-4-11)20(2,17)18/h10-11H,3-9H2,1-2H3,(H,13,16). The number of hydrogen-bond donors (Lipinski definition) is 1. The molecule has 2 aliphatic heterocycles. The van der Waals surface area contributed by atoms with Crippen LogP contribution in [0.2, 0.25) is 0 Å². The third kappa shape index (κ3) is 4.07. The summed E-state index contributed by atoms with van der Waals surface area (Å²) >= 11 is 0. The summed E-state index contributed by atoms with van der Waals surface area (Å²) in [5.74, 6) is 0. The van der Waals surface area contributed by atoms with Crippen molar-refractivity contribution in [3.05, 3.63) is 0 Å². The van der Waals surface area contributed by atoms with E-state index in [1.807, 2.05) is 6.92 Å². The number of hydrogen-bond acceptors (Lipinski definition) is 4. The van der Waals surface area contributed by atoms with Crippen molar-refractivity contribution in [2.45, 2.75) is 31.9 Å². The second-order valence-corrected chi connectivity index (χ2v) is 7.50. The van der Waals surface area contributed by atoms with E-state index in [2.05, 4.69) is 5.32 Å². The zero-order valence-corrected chi connectivity index (χ0v) is 12.9. The summed E-state index contributed by atoms with van der Waals surface area (Å²) in [7, 11) is -3.11. The third-order valence-electron chi connectivity index (χ3n) is 3.78. The zero-order chi connectivity index (χ0) is 14.8. The minimum Gasteiger partial charge on any atom is -0.375 e. The summed E-state index contributed by atoms with van der Waals surface area (Å²) in [6.07, 6.45) is 2.62. The quantitative estimate of drug-likeness (QED) is 0.769. The Balaban J connectivity index is 1.79. The molecule has 0 aliphatic carbocycles. The molecule has 0 saturated carbocycles. The Labute approximate surface area is 120 Å². The van der Waals surface area contributed by atoms with Gasteiger partial charge in [-0.05, 0) is 19.8 Å². The van der Waals surface area contributed by atoms with Gasteiger partial charge in [-0.3, -0.25) is 0 Å². The number of sulfonamides is 1. The van der Waals surface area contributed by atoms with Gasteiger partial charge in [0.25, 0.3) is 0 Å². The Morgan fingerprint density at radius 3 is 2.45 bits per heavy atom. The van der Waals surface area contributed by atoms with Crippen LogP contribution in [0, 0.1) is 0 Å². The predicted octanol–water partition coefficient (Wildman–Crippen LogP) is -0.159. The van der Waals surface area contributed by atoms with Gasteiger partial charge in [0.2, 0.25) is 10.0 Å². The average Bonchev–Trinajstić information content (AvgIpc) is 2.38. The van der Waals surface area contributed by atoms with E-state index in [0.717, 1.165) is 0 Å². The molecule has 7 nitrogen and oxygen atoms in total. The second-order valence-electron chi connectivity index (χ2n) is 5.51. The number of piperidine rings is 1. The number of rotatable bonds is 2. The van der Waals surface area contributed by atoms with Gasteiger partial charge in [0.15, 0.2) is 0 Å². The first-order valence-corrected chi connectivity index (χ1v) is 8.83. The van der Waals surface area contributed by atoms with Crippen molar-refractivity contribution in [1.29, 1.82) is 0 Å². The molecule has 0 bridgehead atoms. The van der Waals surface area contributed by atoms with Gasteiger partial charge < -0.3 is 15.0 Å². The average molecular weight is 305 g/mol. The lowest BCUT2D eigenvalue weighted by Crippen LogP contribution is -2.53. The Hall–Kier alpha value is -0.860. The zero-order valence-electron chi connectivity index (χ0n) is 12.0. The molecule has 0 aromatic rings. The van der Waals surface area contributed by atoms with Gasteiger partial charge in [-0.2, -0.15) is 0 Å². The molecule has 1 N–H and O–H groups in total. The maximum absolute atomic E-state index is 12.1. The monoisotopic (exact) mass is 305 g/mol. The third-order valence-corrected chi connectivity index (χ3v) is 5.08. The smallest absolute Gasteiger partial charge is 0.317 e. The van der Waals surface area contributed by atoms with Crippen LogP contribution in [0.3, 0.4) is 0 Å². The van der Waals surface area contributed by atoms with Crippen LogP contribution in [-0.2, 0) is 14.8 Å². The summed E-state index contributed by atoms with van der Waals surface area (Å²) in [6, 6.07) is -0.0170. The molecular weight excluding hydrogens is 282 g/mol. The Morgan fingerprint density at radius 2 is 1.90 bits per heavy atom. The van der Waals surface area contributed by atoms with Gasteiger partial charge >= 0.3 is 6.03 Å². The van der Waals surface area contributed by atoms with E-state index >= 15 is 0 Å². The molecule has 0 aromatic heterocycles. The van der Waals surface area contributed by atoms with E-state index in [1.165, 1.54) is 10.6 Å². The van der Waals surface area contributed by atoms with E-state index < -0.39 is 10.0 Å². The van der Waals surface area contributed by atoms with Crippen molar-refractivity contribution in [2.24, 2.45) is 0 Å². The van der Waals surface area contributed by atoms with Crippen molar-refractivity contribution in [1.82, 2.24) is 14.5 Å². The number of ether oxygens (including phenoxy) is 1. The number of carbonyl (C=O) groups is 1. The Kier molecular flexibility index (Phi) is 4.87. The predicted molar refractivity (Wildman–Crippen MR) is 75.0 cm³/mol. The number of carbonyl (C=O) groups excluding carboxylic acids is 1. The van der Waals surface area contributed by atoms with Crippen LogP contribution in [-0.4, -0.2) is 74.8 Å². The van der Waals surface area contributed by atoms with Crippen LogP contribution in [0.1, 0.15) is 19.8 Å². The SMILES string of the molecule is CC1CN(C(=O)NC2CCN(S(C)(=O)=O)CC2)CCO1. The summed E-state index contributed by atoms with van der Waals surface area (Å²) in [6.45, 7) is 4.68. The molecule has 2 rings (SSSR count). The van der Waals surface area contributed by atoms with Crippen molar-refractivity contribution < 1.29 is 17.9 Å².